The number of hydrogen-bond donors (Lipinski definition) is 8. The summed E-state index contributed by atoms with van der Waals surface area (Å²) >= 11 is 0. The van der Waals surface area contributed by atoms with Gasteiger partial charge < -0.3 is 45.6 Å². The molecule has 0 bridgehead atoms. The first-order valence-electron chi connectivity index (χ1n) is 41.7. The molecule has 40 heteroatoms. The highest BCUT2D eigenvalue weighted by molar-refractivity contribution is 5.88. The van der Waals surface area contributed by atoms with Gasteiger partial charge in [0.2, 0.25) is 0 Å². The smallest absolute Gasteiger partial charge is 0.356 e. The van der Waals surface area contributed by atoms with E-state index in [1.165, 1.54) is 127 Å². The molecule has 12 aromatic rings. The topological polar surface area (TPSA) is 468 Å². The monoisotopic (exact) mass is 1790 g/mol. The highest BCUT2D eigenvalue weighted by Gasteiger charge is 2.25. The van der Waals surface area contributed by atoms with Gasteiger partial charge in [0.05, 0.1) is 44.5 Å². The molecule has 0 radical (unpaired) electrons. The van der Waals surface area contributed by atoms with Gasteiger partial charge in [-0.05, 0) is 209 Å². The molecule has 688 valence electrons. The number of aryl methyl sites for hydroxylation is 9. The summed E-state index contributed by atoms with van der Waals surface area (Å²) in [6, 6.07) is 27.3. The van der Waals surface area contributed by atoms with Crippen molar-refractivity contribution in [1.82, 2.24) is 88.0 Å². The van der Waals surface area contributed by atoms with Crippen molar-refractivity contribution in [2.24, 2.45) is 24.8 Å². The maximum Gasteiger partial charge on any atom is 0.356 e. The molecule has 0 spiro atoms. The van der Waals surface area contributed by atoms with Gasteiger partial charge in [-0.25, -0.2) is 60.3 Å². The summed E-state index contributed by atoms with van der Waals surface area (Å²) in [6.07, 6.45) is 19.5. The molecule has 3 aliphatic carbocycles. The second-order valence-corrected chi connectivity index (χ2v) is 31.8. The van der Waals surface area contributed by atoms with Crippen molar-refractivity contribution >= 4 is 47.8 Å². The lowest BCUT2D eigenvalue weighted by molar-refractivity contribution is 0.0676. The van der Waals surface area contributed by atoms with Crippen LogP contribution in [0.25, 0.3) is 0 Å². The molecule has 9 aromatic heterocycles. The Kier molecular flexibility index (Phi) is 35.5. The molecule has 3 aromatic carbocycles. The van der Waals surface area contributed by atoms with Crippen LogP contribution in [0.5, 0.6) is 0 Å². The van der Waals surface area contributed by atoms with Gasteiger partial charge in [0.25, 0.3) is 0 Å². The van der Waals surface area contributed by atoms with Gasteiger partial charge in [0.1, 0.15) is 17.5 Å². The van der Waals surface area contributed by atoms with Crippen LogP contribution in [0.2, 0.25) is 0 Å². The van der Waals surface area contributed by atoms with Crippen molar-refractivity contribution < 1.29 is 106 Å². The molecule has 4 aliphatic rings. The number of nitrogens with zero attached hydrogens (tertiary/aromatic N) is 18. The number of halogens is 5. The zero-order valence-corrected chi connectivity index (χ0v) is 72.8. The van der Waals surface area contributed by atoms with Crippen LogP contribution in [0.4, 0.5) is 22.0 Å². The minimum absolute atomic E-state index is 0.0289. The standard InChI is InChI=1S/2C12H10F2N2O2.C12H11FN2O2.C12H18N2O2.C11H16N2O2.C10H12N4O2.C10H14N2O3.C10H14N2O2/c1-7-4-11(12(17)18)15-16(7)6-8-2-3-9(13)5-10(8)14;1-7-4-11(12(17)18)15-16(7)6-8-2-3-9(13)10(14)5-8;1-8-6-11(12(16)17)14-15(8)7-9-4-2-3-5-10(9)13;1-9-7-11(12(15)16)13-14(9)8-10-5-3-2-4-6-10;1-8-6-10(11(14)15)12-13(8)7-9-4-2-3-5-9;1-7-5-9(10(15)16)12-14(7)6-8-3-4-13(2)11-8;1-7-5-9(10(13)14)11-12(7)6-8-3-2-4-15-8;1-7-5-9(10(13)14)11-12(7)6-8-3-2-4-8/h2*2-5H,6H2,1H3,(H,17,18);2-6H,7H2,1H3,(H,16,17);7,10H,2-6,8H2,1H3,(H,15,16);6,9H,2-5,7H2,1H3,(H,14,15);3-5H,6H2,1-2H3,(H,15,16);5,8H,2-4,6H2,1H3,(H,13,14);5,8H,2-4,6H2,1H3,(H,13,14). The minimum atomic E-state index is -1.14. The van der Waals surface area contributed by atoms with E-state index in [4.69, 9.17) is 45.6 Å². The van der Waals surface area contributed by atoms with Crippen LogP contribution in [0.15, 0.2) is 121 Å². The summed E-state index contributed by atoms with van der Waals surface area (Å²) in [5.74, 6) is -9.60. The molecule has 0 amide bonds. The molecule has 8 N–H and O–H groups in total. The van der Waals surface area contributed by atoms with E-state index in [9.17, 15) is 60.3 Å². The Hall–Kier alpha value is -14.1. The number of ether oxygens (including phenoxy) is 1. The van der Waals surface area contributed by atoms with Gasteiger partial charge in [-0.1, -0.05) is 68.9 Å². The molecule has 129 heavy (non-hydrogen) atoms. The van der Waals surface area contributed by atoms with Crippen molar-refractivity contribution in [2.75, 3.05) is 6.61 Å². The predicted octanol–water partition coefficient (Wildman–Crippen LogP) is 14.5. The lowest BCUT2D eigenvalue weighted by atomic mass is 9.85. The molecule has 4 fully saturated rings. The molecule has 16 rings (SSSR count). The van der Waals surface area contributed by atoms with Gasteiger partial charge in [0.15, 0.2) is 57.2 Å². The first-order valence-corrected chi connectivity index (χ1v) is 41.7. The van der Waals surface area contributed by atoms with E-state index in [0.29, 0.717) is 59.1 Å². The Morgan fingerprint density at radius 1 is 0.318 bits per heavy atom. The fourth-order valence-electron chi connectivity index (χ4n) is 14.4. The molecule has 10 heterocycles. The van der Waals surface area contributed by atoms with Gasteiger partial charge in [-0.3, -0.25) is 42.1 Å². The van der Waals surface area contributed by atoms with Crippen molar-refractivity contribution in [2.45, 2.75) is 204 Å². The molecule has 3 saturated carbocycles. The van der Waals surface area contributed by atoms with Crippen molar-refractivity contribution in [1.29, 1.82) is 0 Å². The fourth-order valence-corrected chi connectivity index (χ4v) is 14.4. The van der Waals surface area contributed by atoms with E-state index in [-0.39, 0.29) is 82.7 Å². The largest absolute Gasteiger partial charge is 0.476 e. The summed E-state index contributed by atoms with van der Waals surface area (Å²) in [4.78, 5) is 85.8. The van der Waals surface area contributed by atoms with Crippen LogP contribution in [0, 0.1) is 102 Å². The normalized spacial score (nSPS) is 14.0. The molecular formula is C89H105F5N18O17. The minimum Gasteiger partial charge on any atom is -0.476 e. The van der Waals surface area contributed by atoms with Gasteiger partial charge >= 0.3 is 47.8 Å². The van der Waals surface area contributed by atoms with Crippen molar-refractivity contribution in [3.8, 4) is 0 Å². The maximum atomic E-state index is 13.4. The number of carbonyl (C=O) groups is 8. The SMILES string of the molecule is Cc1cc(C(=O)O)nn1CC1CCC1.Cc1cc(C(=O)O)nn1CC1CCCC1.Cc1cc(C(=O)O)nn1CC1CCCCC1.Cc1cc(C(=O)O)nn1CC1CCCO1.Cc1cc(C(=O)O)nn1Cc1ccc(F)c(F)c1.Cc1cc(C(=O)O)nn1Cc1ccc(F)cc1F.Cc1cc(C(=O)O)nn1Cc1ccccc1F.Cc1cc(C(=O)O)nn1Cc1ccn(C)n1. The second-order valence-electron chi connectivity index (χ2n) is 31.8. The number of carboxylic acids is 8. The van der Waals surface area contributed by atoms with Crippen LogP contribution in [-0.2, 0) is 64.1 Å². The van der Waals surface area contributed by atoms with Crippen LogP contribution in [0.3, 0.4) is 0 Å². The lowest BCUT2D eigenvalue weighted by Gasteiger charge is -2.25. The summed E-state index contributed by atoms with van der Waals surface area (Å²) < 4.78 is 85.6. The number of benzene rings is 3. The molecule has 1 unspecified atom stereocenters. The summed E-state index contributed by atoms with van der Waals surface area (Å²) in [6.45, 7) is 19.5. The first-order chi connectivity index (χ1) is 61.2. The zero-order valence-electron chi connectivity index (χ0n) is 72.8. The van der Waals surface area contributed by atoms with Crippen LogP contribution < -0.4 is 0 Å². The number of hydrogen-bond acceptors (Lipinski definition) is 18. The third kappa shape index (κ3) is 29.5. The second kappa shape index (κ2) is 46.4. The van der Waals surface area contributed by atoms with Crippen molar-refractivity contribution in [3.05, 3.63) is 264 Å². The average Bonchev–Trinajstić information content (AvgIpc) is 1.74. The molecule has 1 atom stereocenters. The summed E-state index contributed by atoms with van der Waals surface area (Å²) in [7, 11) is 1.84. The highest BCUT2D eigenvalue weighted by Crippen LogP contribution is 2.30. The number of aromatic nitrogens is 18. The van der Waals surface area contributed by atoms with E-state index in [2.05, 4.69) is 45.9 Å². The maximum absolute atomic E-state index is 13.4. The number of carboxylic acid groups (broad SMARTS) is 8. The Labute approximate surface area is 737 Å². The van der Waals surface area contributed by atoms with Crippen LogP contribution >= 0.6 is 0 Å². The van der Waals surface area contributed by atoms with Crippen LogP contribution in [0.1, 0.15) is 242 Å². The van der Waals surface area contributed by atoms with E-state index in [0.717, 1.165) is 97.5 Å². The Bertz CT molecular complexity index is 5800. The molecule has 1 saturated heterocycles. The van der Waals surface area contributed by atoms with E-state index >= 15 is 0 Å². The summed E-state index contributed by atoms with van der Waals surface area (Å²) in [5.41, 5.74) is 8.95. The molecule has 35 nitrogen and oxygen atoms in total. The fraction of sp³-hybridized carbons (Fsp3) is 0.404. The predicted molar refractivity (Wildman–Crippen MR) is 455 cm³/mol. The Morgan fingerprint density at radius 3 is 0.969 bits per heavy atom. The number of rotatable bonds is 24. The van der Waals surface area contributed by atoms with E-state index in [1.54, 1.807) is 83.3 Å². The van der Waals surface area contributed by atoms with Crippen LogP contribution in [-0.4, -0.2) is 189 Å². The van der Waals surface area contributed by atoms with Gasteiger partial charge in [-0.15, -0.1) is 0 Å². The van der Waals surface area contributed by atoms with Crippen molar-refractivity contribution in [3.63, 3.8) is 0 Å². The van der Waals surface area contributed by atoms with E-state index < -0.39 is 71.0 Å². The van der Waals surface area contributed by atoms with E-state index in [1.807, 2.05) is 68.0 Å². The quantitative estimate of drug-likeness (QED) is 0.0260. The first kappa shape index (κ1) is 98.7. The highest BCUT2D eigenvalue weighted by atomic mass is 19.2. The lowest BCUT2D eigenvalue weighted by Crippen LogP contribution is -2.19. The van der Waals surface area contributed by atoms with Gasteiger partial charge in [0, 0.05) is 102 Å². The molecule has 1 aliphatic heterocycles. The third-order valence-corrected chi connectivity index (χ3v) is 21.7. The summed E-state index contributed by atoms with van der Waals surface area (Å²) in [5, 5.41) is 106. The number of aromatic carboxylic acids is 8. The molecular weight excluding hydrogens is 1690 g/mol. The average molecular weight is 1790 g/mol. The third-order valence-electron chi connectivity index (χ3n) is 21.7. The zero-order chi connectivity index (χ0) is 94.0. The Morgan fingerprint density at radius 2 is 0.651 bits per heavy atom. The van der Waals surface area contributed by atoms with Gasteiger partial charge in [-0.2, -0.15) is 45.9 Å². The Balaban J connectivity index is 0.000000166.